The van der Waals surface area contributed by atoms with Crippen LogP contribution in [0.1, 0.15) is 55.6 Å². The van der Waals surface area contributed by atoms with E-state index < -0.39 is 6.04 Å². The number of fused-ring (bicyclic) bond motifs is 1. The van der Waals surface area contributed by atoms with E-state index in [1.807, 2.05) is 19.9 Å². The van der Waals surface area contributed by atoms with Crippen LogP contribution < -0.4 is 15.5 Å². The van der Waals surface area contributed by atoms with Crippen molar-refractivity contribution < 1.29 is 19.1 Å². The van der Waals surface area contributed by atoms with Gasteiger partial charge in [0.05, 0.1) is 36.2 Å². The summed E-state index contributed by atoms with van der Waals surface area (Å²) in [4.78, 5) is 44.7. The van der Waals surface area contributed by atoms with Gasteiger partial charge in [-0.25, -0.2) is 0 Å². The van der Waals surface area contributed by atoms with Crippen molar-refractivity contribution in [1.29, 1.82) is 0 Å². The van der Waals surface area contributed by atoms with Crippen LogP contribution in [0.2, 0.25) is 10.0 Å². The van der Waals surface area contributed by atoms with Crippen LogP contribution in [0, 0.1) is 5.41 Å². The first-order chi connectivity index (χ1) is 19.1. The molecule has 2 amide bonds. The highest BCUT2D eigenvalue weighted by molar-refractivity contribution is 6.35. The number of ketones is 1. The molecule has 2 heterocycles. The van der Waals surface area contributed by atoms with Crippen LogP contribution in [0.5, 0.6) is 0 Å². The fraction of sp³-hybridized carbons (Fsp3) is 0.433. The number of hydrogen-bond acceptors (Lipinski definition) is 6. The van der Waals surface area contributed by atoms with Crippen LogP contribution in [0.4, 0.5) is 11.4 Å². The molecule has 2 aromatic carbocycles. The molecule has 2 N–H and O–H groups in total. The van der Waals surface area contributed by atoms with Gasteiger partial charge in [-0.1, -0.05) is 49.2 Å². The molecule has 1 atom stereocenters. The largest absolute Gasteiger partial charge is 0.379 e. The lowest BCUT2D eigenvalue weighted by Gasteiger charge is -2.37. The van der Waals surface area contributed by atoms with E-state index in [-0.39, 0.29) is 23.0 Å². The van der Waals surface area contributed by atoms with Crippen LogP contribution in [0.15, 0.2) is 47.7 Å². The molecule has 0 spiro atoms. The van der Waals surface area contributed by atoms with Crippen molar-refractivity contribution in [2.75, 3.05) is 49.6 Å². The van der Waals surface area contributed by atoms with Crippen molar-refractivity contribution in [3.8, 4) is 0 Å². The molecular weight excluding hydrogens is 551 g/mol. The molecular formula is C30H34Cl2N4O4. The average molecular weight is 586 g/mol. The topological polar surface area (TPSA) is 91.0 Å². The summed E-state index contributed by atoms with van der Waals surface area (Å²) < 4.78 is 5.41. The zero-order valence-corrected chi connectivity index (χ0v) is 24.5. The van der Waals surface area contributed by atoms with Gasteiger partial charge >= 0.3 is 0 Å². The molecule has 8 nitrogen and oxygen atoms in total. The van der Waals surface area contributed by atoms with Crippen molar-refractivity contribution in [3.05, 3.63) is 68.8 Å². The van der Waals surface area contributed by atoms with E-state index in [0.29, 0.717) is 77.3 Å². The molecule has 40 heavy (non-hydrogen) atoms. The number of nitrogens with zero attached hydrogens (tertiary/aromatic N) is 2. The number of carbonyl (C=O) groups is 3. The highest BCUT2D eigenvalue weighted by Gasteiger charge is 2.44. The predicted molar refractivity (Wildman–Crippen MR) is 157 cm³/mol. The number of amides is 2. The minimum atomic E-state index is -0.836. The first-order valence-corrected chi connectivity index (χ1v) is 14.3. The fourth-order valence-corrected chi connectivity index (χ4v) is 6.39. The van der Waals surface area contributed by atoms with Crippen LogP contribution in [0.3, 0.4) is 0 Å². The zero-order valence-electron chi connectivity index (χ0n) is 23.0. The lowest BCUT2D eigenvalue weighted by molar-refractivity contribution is -0.118. The SMILES string of the molecule is CC(=O)N1c2c(cccc2C(=O)NCCN2CCOCC2)NC2=C(C(=O)CC(C)(C)C2)C1c1ccc(Cl)cc1Cl. The van der Waals surface area contributed by atoms with E-state index in [9.17, 15) is 14.4 Å². The quantitative estimate of drug-likeness (QED) is 0.501. The van der Waals surface area contributed by atoms with E-state index in [4.69, 9.17) is 27.9 Å². The third-order valence-electron chi connectivity index (χ3n) is 7.67. The molecule has 0 aromatic heterocycles. The molecule has 2 aliphatic heterocycles. The minimum absolute atomic E-state index is 0.0645. The monoisotopic (exact) mass is 584 g/mol. The van der Waals surface area contributed by atoms with Crippen LogP contribution >= 0.6 is 23.2 Å². The van der Waals surface area contributed by atoms with Gasteiger partial charge in [-0.2, -0.15) is 0 Å². The van der Waals surface area contributed by atoms with Gasteiger partial charge < -0.3 is 15.4 Å². The Bertz CT molecular complexity index is 1380. The predicted octanol–water partition coefficient (Wildman–Crippen LogP) is 5.22. The van der Waals surface area contributed by atoms with E-state index in [1.165, 1.54) is 11.8 Å². The van der Waals surface area contributed by atoms with Gasteiger partial charge in [0, 0.05) is 60.8 Å². The molecule has 1 fully saturated rings. The number of halogens is 2. The van der Waals surface area contributed by atoms with Crippen molar-refractivity contribution in [1.82, 2.24) is 10.2 Å². The van der Waals surface area contributed by atoms with Gasteiger partial charge in [0.15, 0.2) is 5.78 Å². The number of nitrogens with one attached hydrogen (secondary N) is 2. The Kier molecular flexibility index (Phi) is 8.25. The lowest BCUT2D eigenvalue weighted by atomic mass is 9.73. The van der Waals surface area contributed by atoms with Crippen molar-refractivity contribution in [2.24, 2.45) is 5.41 Å². The van der Waals surface area contributed by atoms with Crippen LogP contribution in [0.25, 0.3) is 0 Å². The summed E-state index contributed by atoms with van der Waals surface area (Å²) in [6.45, 7) is 9.69. The van der Waals surface area contributed by atoms with Gasteiger partial charge in [-0.3, -0.25) is 24.2 Å². The Labute approximate surface area is 244 Å². The normalized spacial score (nSPS) is 20.8. The maximum absolute atomic E-state index is 13.8. The molecule has 0 radical (unpaired) electrons. The Morgan fingerprint density at radius 2 is 1.88 bits per heavy atom. The molecule has 212 valence electrons. The molecule has 3 aliphatic rings. The Morgan fingerprint density at radius 1 is 1.12 bits per heavy atom. The number of rotatable bonds is 5. The summed E-state index contributed by atoms with van der Waals surface area (Å²) in [5, 5.41) is 7.27. The summed E-state index contributed by atoms with van der Waals surface area (Å²) in [6.07, 6.45) is 0.920. The smallest absolute Gasteiger partial charge is 0.253 e. The number of anilines is 2. The molecule has 0 saturated carbocycles. The second kappa shape index (κ2) is 11.5. The molecule has 1 aliphatic carbocycles. The number of carbonyl (C=O) groups excluding carboxylic acids is 3. The van der Waals surface area contributed by atoms with Gasteiger partial charge in [0.2, 0.25) is 5.91 Å². The van der Waals surface area contributed by atoms with E-state index in [2.05, 4.69) is 15.5 Å². The maximum atomic E-state index is 13.8. The third-order valence-corrected chi connectivity index (χ3v) is 8.23. The summed E-state index contributed by atoms with van der Waals surface area (Å²) in [7, 11) is 0. The highest BCUT2D eigenvalue weighted by Crippen LogP contribution is 2.50. The lowest BCUT2D eigenvalue weighted by Crippen LogP contribution is -2.42. The fourth-order valence-electron chi connectivity index (χ4n) is 5.88. The van der Waals surface area contributed by atoms with Gasteiger partial charge in [-0.15, -0.1) is 0 Å². The standard InChI is InChI=1S/C30H34Cl2N4O4/c1-18(37)36-27-21(29(39)33-9-10-35-11-13-40-14-12-35)5-4-6-23(27)34-24-16-30(2,3)17-25(38)26(24)28(36)20-8-7-19(31)15-22(20)32/h4-8,15,28,34H,9-14,16-17H2,1-3H3,(H,33,39). The van der Waals surface area contributed by atoms with E-state index in [0.717, 1.165) is 18.8 Å². The summed E-state index contributed by atoms with van der Waals surface area (Å²) in [5.74, 6) is -0.685. The molecule has 1 saturated heterocycles. The Hall–Kier alpha value is -2.91. The molecule has 1 unspecified atom stereocenters. The highest BCUT2D eigenvalue weighted by atomic mass is 35.5. The number of benzene rings is 2. The first kappa shape index (κ1) is 28.6. The number of hydrogen-bond donors (Lipinski definition) is 2. The average Bonchev–Trinajstić information content (AvgIpc) is 3.02. The molecule has 2 aromatic rings. The number of ether oxygens (including phenoxy) is 1. The van der Waals surface area contributed by atoms with Crippen molar-refractivity contribution in [2.45, 2.75) is 39.7 Å². The number of allylic oxidation sites excluding steroid dienone is 1. The zero-order chi connectivity index (χ0) is 28.6. The number of morpholine rings is 1. The van der Waals surface area contributed by atoms with E-state index >= 15 is 0 Å². The van der Waals surface area contributed by atoms with Crippen LogP contribution in [-0.2, 0) is 14.3 Å². The van der Waals surface area contributed by atoms with Crippen LogP contribution in [-0.4, -0.2) is 61.9 Å². The van der Waals surface area contributed by atoms with Gasteiger partial charge in [-0.05, 0) is 41.7 Å². The first-order valence-electron chi connectivity index (χ1n) is 13.5. The molecule has 0 bridgehead atoms. The van der Waals surface area contributed by atoms with Gasteiger partial charge in [0.1, 0.15) is 0 Å². The number of para-hydroxylation sites is 1. The van der Waals surface area contributed by atoms with Crippen molar-refractivity contribution in [3.63, 3.8) is 0 Å². The second-order valence-electron chi connectivity index (χ2n) is 11.3. The Morgan fingerprint density at radius 3 is 2.58 bits per heavy atom. The summed E-state index contributed by atoms with van der Waals surface area (Å²) >= 11 is 12.9. The maximum Gasteiger partial charge on any atom is 0.253 e. The minimum Gasteiger partial charge on any atom is -0.379 e. The third kappa shape index (κ3) is 5.77. The number of Topliss-reactive ketones (excluding diaryl/α,β-unsaturated/α-hetero) is 1. The Balaban J connectivity index is 1.60. The molecule has 10 heteroatoms. The second-order valence-corrected chi connectivity index (χ2v) is 12.2. The van der Waals surface area contributed by atoms with Gasteiger partial charge in [0.25, 0.3) is 5.91 Å². The summed E-state index contributed by atoms with van der Waals surface area (Å²) in [5.41, 5.74) is 2.83. The molecule has 5 rings (SSSR count). The summed E-state index contributed by atoms with van der Waals surface area (Å²) in [6, 6.07) is 9.54. The van der Waals surface area contributed by atoms with E-state index in [1.54, 1.807) is 30.3 Å². The van der Waals surface area contributed by atoms with Crippen molar-refractivity contribution >= 4 is 52.2 Å².